The van der Waals surface area contributed by atoms with Crippen LogP contribution in [0.3, 0.4) is 0 Å². The normalized spacial score (nSPS) is 13.7. The van der Waals surface area contributed by atoms with Crippen LogP contribution in [0.2, 0.25) is 0 Å². The van der Waals surface area contributed by atoms with Crippen LogP contribution in [0, 0.1) is 0 Å². The zero-order valence-corrected chi connectivity index (χ0v) is 11.6. The molecule has 0 amide bonds. The van der Waals surface area contributed by atoms with Gasteiger partial charge in [0.1, 0.15) is 13.2 Å². The number of hydrogen-bond donors (Lipinski definition) is 1. The number of thioether (sulfide) groups is 1. The van der Waals surface area contributed by atoms with Crippen LogP contribution in [-0.2, 0) is 11.3 Å². The standard InChI is InChI=1S/C13H19NO3S/c1-15-4-3-14-9-10-7-11-12(8-13(10)18-2)17-6-5-16-11/h7-8,14H,3-6,9H2,1-2H3. The lowest BCUT2D eigenvalue weighted by molar-refractivity contribution is 0.170. The molecule has 2 rings (SSSR count). The molecule has 0 fully saturated rings. The molecule has 1 aromatic carbocycles. The van der Waals surface area contributed by atoms with Crippen molar-refractivity contribution in [2.75, 3.05) is 39.7 Å². The molecule has 0 saturated carbocycles. The second-order valence-electron chi connectivity index (χ2n) is 3.98. The van der Waals surface area contributed by atoms with Crippen molar-refractivity contribution in [3.63, 3.8) is 0 Å². The Kier molecular flexibility index (Phi) is 5.16. The van der Waals surface area contributed by atoms with Gasteiger partial charge in [-0.05, 0) is 24.0 Å². The van der Waals surface area contributed by atoms with Crippen LogP contribution < -0.4 is 14.8 Å². The van der Waals surface area contributed by atoms with E-state index in [1.807, 2.05) is 0 Å². The molecule has 0 bridgehead atoms. The lowest BCUT2D eigenvalue weighted by Gasteiger charge is -2.20. The van der Waals surface area contributed by atoms with Crippen molar-refractivity contribution >= 4 is 11.8 Å². The van der Waals surface area contributed by atoms with Gasteiger partial charge in [0.05, 0.1) is 6.61 Å². The number of ether oxygens (including phenoxy) is 3. The maximum Gasteiger partial charge on any atom is 0.162 e. The van der Waals surface area contributed by atoms with Crippen molar-refractivity contribution in [1.82, 2.24) is 5.32 Å². The molecule has 0 unspecified atom stereocenters. The summed E-state index contributed by atoms with van der Waals surface area (Å²) in [6, 6.07) is 4.13. The molecule has 4 nitrogen and oxygen atoms in total. The van der Waals surface area contributed by atoms with Crippen molar-refractivity contribution in [2.24, 2.45) is 0 Å². The summed E-state index contributed by atoms with van der Waals surface area (Å²) in [6.07, 6.45) is 2.07. The summed E-state index contributed by atoms with van der Waals surface area (Å²) in [5.41, 5.74) is 1.24. The molecule has 1 aliphatic heterocycles. The highest BCUT2D eigenvalue weighted by Crippen LogP contribution is 2.36. The Morgan fingerprint density at radius 1 is 1.28 bits per heavy atom. The molecule has 1 N–H and O–H groups in total. The lowest BCUT2D eigenvalue weighted by Crippen LogP contribution is -2.20. The molecule has 5 heteroatoms. The van der Waals surface area contributed by atoms with Gasteiger partial charge in [-0.25, -0.2) is 0 Å². The van der Waals surface area contributed by atoms with E-state index < -0.39 is 0 Å². The van der Waals surface area contributed by atoms with Gasteiger partial charge >= 0.3 is 0 Å². The summed E-state index contributed by atoms with van der Waals surface area (Å²) < 4.78 is 16.2. The molecule has 0 saturated heterocycles. The van der Waals surface area contributed by atoms with E-state index in [1.54, 1.807) is 18.9 Å². The maximum absolute atomic E-state index is 5.60. The minimum atomic E-state index is 0.627. The molecule has 1 aliphatic rings. The molecule has 1 aromatic rings. The van der Waals surface area contributed by atoms with E-state index in [0.717, 1.165) is 31.2 Å². The first-order chi connectivity index (χ1) is 8.85. The number of fused-ring (bicyclic) bond motifs is 1. The van der Waals surface area contributed by atoms with E-state index in [2.05, 4.69) is 23.7 Å². The first-order valence-corrected chi connectivity index (χ1v) is 7.24. The van der Waals surface area contributed by atoms with Crippen LogP contribution >= 0.6 is 11.8 Å². The summed E-state index contributed by atoms with van der Waals surface area (Å²) in [7, 11) is 1.71. The van der Waals surface area contributed by atoms with Gasteiger partial charge in [0, 0.05) is 25.1 Å². The Balaban J connectivity index is 2.07. The second kappa shape index (κ2) is 6.87. The van der Waals surface area contributed by atoms with Gasteiger partial charge in [0.15, 0.2) is 11.5 Å². The average Bonchev–Trinajstić information content (AvgIpc) is 2.42. The van der Waals surface area contributed by atoms with Gasteiger partial charge in [0.25, 0.3) is 0 Å². The first-order valence-electron chi connectivity index (χ1n) is 6.01. The fourth-order valence-electron chi connectivity index (χ4n) is 1.84. The maximum atomic E-state index is 5.60. The fourth-order valence-corrected chi connectivity index (χ4v) is 2.46. The lowest BCUT2D eigenvalue weighted by atomic mass is 10.2. The molecular weight excluding hydrogens is 250 g/mol. The minimum absolute atomic E-state index is 0.627. The highest BCUT2D eigenvalue weighted by Gasteiger charge is 2.15. The number of benzene rings is 1. The number of hydrogen-bond acceptors (Lipinski definition) is 5. The highest BCUT2D eigenvalue weighted by atomic mass is 32.2. The van der Waals surface area contributed by atoms with Gasteiger partial charge in [-0.3, -0.25) is 0 Å². The van der Waals surface area contributed by atoms with Gasteiger partial charge in [-0.2, -0.15) is 0 Å². The van der Waals surface area contributed by atoms with Gasteiger partial charge < -0.3 is 19.5 Å². The van der Waals surface area contributed by atoms with Crippen LogP contribution in [-0.4, -0.2) is 39.7 Å². The van der Waals surface area contributed by atoms with Crippen LogP contribution in [0.25, 0.3) is 0 Å². The smallest absolute Gasteiger partial charge is 0.162 e. The Morgan fingerprint density at radius 3 is 2.67 bits per heavy atom. The van der Waals surface area contributed by atoms with E-state index in [0.29, 0.717) is 13.2 Å². The largest absolute Gasteiger partial charge is 0.486 e. The summed E-state index contributed by atoms with van der Waals surface area (Å²) in [4.78, 5) is 1.23. The Labute approximate surface area is 112 Å². The van der Waals surface area contributed by atoms with Crippen molar-refractivity contribution in [2.45, 2.75) is 11.4 Å². The zero-order chi connectivity index (χ0) is 12.8. The zero-order valence-electron chi connectivity index (χ0n) is 10.8. The monoisotopic (exact) mass is 269 g/mol. The third kappa shape index (κ3) is 3.31. The summed E-state index contributed by atoms with van der Waals surface area (Å²) in [6.45, 7) is 3.64. The van der Waals surface area contributed by atoms with E-state index in [4.69, 9.17) is 14.2 Å². The number of rotatable bonds is 6. The van der Waals surface area contributed by atoms with Gasteiger partial charge in [-0.1, -0.05) is 0 Å². The van der Waals surface area contributed by atoms with Gasteiger partial charge in [-0.15, -0.1) is 11.8 Å². The summed E-state index contributed by atoms with van der Waals surface area (Å²) in [5.74, 6) is 1.70. The third-order valence-corrected chi connectivity index (χ3v) is 3.56. The van der Waals surface area contributed by atoms with E-state index in [-0.39, 0.29) is 0 Å². The number of methoxy groups -OCH3 is 1. The molecule has 0 spiro atoms. The summed E-state index contributed by atoms with van der Waals surface area (Å²) in [5, 5.41) is 3.35. The molecule has 1 heterocycles. The van der Waals surface area contributed by atoms with Crippen molar-refractivity contribution in [1.29, 1.82) is 0 Å². The molecule has 0 atom stereocenters. The Bertz CT molecular complexity index is 398. The molecule has 18 heavy (non-hydrogen) atoms. The average molecular weight is 269 g/mol. The van der Waals surface area contributed by atoms with Crippen LogP contribution in [0.15, 0.2) is 17.0 Å². The Hall–Kier alpha value is -0.910. The van der Waals surface area contributed by atoms with Crippen LogP contribution in [0.4, 0.5) is 0 Å². The topological polar surface area (TPSA) is 39.7 Å². The molecule has 100 valence electrons. The quantitative estimate of drug-likeness (QED) is 0.631. The molecule has 0 radical (unpaired) electrons. The number of nitrogens with one attached hydrogen (secondary N) is 1. The first kappa shape index (κ1) is 13.5. The summed E-state index contributed by atoms with van der Waals surface area (Å²) >= 11 is 1.73. The van der Waals surface area contributed by atoms with Crippen LogP contribution in [0.5, 0.6) is 11.5 Å². The van der Waals surface area contributed by atoms with Crippen molar-refractivity contribution in [3.8, 4) is 11.5 Å². The third-order valence-electron chi connectivity index (χ3n) is 2.74. The fraction of sp³-hybridized carbons (Fsp3) is 0.538. The Morgan fingerprint density at radius 2 is 2.00 bits per heavy atom. The van der Waals surface area contributed by atoms with Crippen LogP contribution in [0.1, 0.15) is 5.56 Å². The highest BCUT2D eigenvalue weighted by molar-refractivity contribution is 7.98. The van der Waals surface area contributed by atoms with Crippen molar-refractivity contribution in [3.05, 3.63) is 17.7 Å². The molecular formula is C13H19NO3S. The SMILES string of the molecule is COCCNCc1cc2c(cc1SC)OCCO2. The second-order valence-corrected chi connectivity index (χ2v) is 4.83. The minimum Gasteiger partial charge on any atom is -0.486 e. The predicted molar refractivity (Wildman–Crippen MR) is 72.8 cm³/mol. The van der Waals surface area contributed by atoms with Gasteiger partial charge in [0.2, 0.25) is 0 Å². The van der Waals surface area contributed by atoms with E-state index in [1.165, 1.54) is 10.5 Å². The van der Waals surface area contributed by atoms with E-state index in [9.17, 15) is 0 Å². The van der Waals surface area contributed by atoms with Crippen molar-refractivity contribution < 1.29 is 14.2 Å². The van der Waals surface area contributed by atoms with E-state index >= 15 is 0 Å². The predicted octanol–water partition coefficient (Wildman–Crippen LogP) is 1.92. The molecule has 0 aromatic heterocycles. The molecule has 0 aliphatic carbocycles.